The number of amides is 1. The number of hydrogen-bond acceptors (Lipinski definition) is 4. The quantitative estimate of drug-likeness (QED) is 0.892. The van der Waals surface area contributed by atoms with Crippen LogP contribution in [-0.2, 0) is 4.79 Å². The molecule has 0 saturated carbocycles. The highest BCUT2D eigenvalue weighted by molar-refractivity contribution is 5.85. The van der Waals surface area contributed by atoms with Gasteiger partial charge in [0, 0.05) is 12.0 Å². The predicted octanol–water partition coefficient (Wildman–Crippen LogP) is 2.28. The maximum atomic E-state index is 13.1. The lowest BCUT2D eigenvalue weighted by molar-refractivity contribution is -0.124. The first-order chi connectivity index (χ1) is 9.34. The highest BCUT2D eigenvalue weighted by Crippen LogP contribution is 2.27. The zero-order valence-corrected chi connectivity index (χ0v) is 13.0. The monoisotopic (exact) mass is 323 g/mol. The third-order valence-electron chi connectivity index (χ3n) is 3.59. The number of carbonyl (C=O) groups excluding carboxylic acids is 1. The molecule has 0 aromatic carbocycles. The molecule has 5 nitrogen and oxygen atoms in total. The molecule has 0 bridgehead atoms. The summed E-state index contributed by atoms with van der Waals surface area (Å²) in [5.41, 5.74) is 1.53. The number of nitrogens with zero attached hydrogens (tertiary/aromatic N) is 1. The van der Waals surface area contributed by atoms with Gasteiger partial charge >= 0.3 is 0 Å². The lowest BCUT2D eigenvalue weighted by Gasteiger charge is -2.19. The molecular formula is C13H20ClF2N3O2. The van der Waals surface area contributed by atoms with Gasteiger partial charge in [-0.2, -0.15) is 0 Å². The standard InChI is InChI=1S/C13H19F2N3O2.ClH/c1-4-9(11-7(2)18-20-8(11)3)17-12(19)10-5-13(14,15)6-16-10;/h9-10,16H,4-6H2,1-3H3,(H,17,19);1H. The number of alkyl halides is 2. The van der Waals surface area contributed by atoms with Crippen molar-refractivity contribution < 1.29 is 18.1 Å². The summed E-state index contributed by atoms with van der Waals surface area (Å²) in [6, 6.07) is -1.12. The Morgan fingerprint density at radius 1 is 1.57 bits per heavy atom. The third-order valence-corrected chi connectivity index (χ3v) is 3.59. The SMILES string of the molecule is CCC(NC(=O)C1CC(F)(F)CN1)c1c(C)noc1C.Cl. The minimum atomic E-state index is -2.81. The number of rotatable bonds is 4. The van der Waals surface area contributed by atoms with Crippen molar-refractivity contribution in [1.29, 1.82) is 0 Å². The van der Waals surface area contributed by atoms with E-state index in [2.05, 4.69) is 15.8 Å². The van der Waals surface area contributed by atoms with Crippen LogP contribution in [0.2, 0.25) is 0 Å². The molecule has 2 N–H and O–H groups in total. The van der Waals surface area contributed by atoms with Crippen molar-refractivity contribution in [2.45, 2.75) is 51.6 Å². The Kier molecular flexibility index (Phi) is 5.69. The maximum absolute atomic E-state index is 13.1. The average Bonchev–Trinajstić information content (AvgIpc) is 2.90. The van der Waals surface area contributed by atoms with Crippen molar-refractivity contribution in [3.63, 3.8) is 0 Å². The van der Waals surface area contributed by atoms with Crippen LogP contribution in [-0.4, -0.2) is 29.6 Å². The fourth-order valence-electron chi connectivity index (χ4n) is 2.54. The van der Waals surface area contributed by atoms with E-state index >= 15 is 0 Å². The van der Waals surface area contributed by atoms with Gasteiger partial charge in [0.05, 0.1) is 24.3 Å². The van der Waals surface area contributed by atoms with Crippen LogP contribution in [0.4, 0.5) is 8.78 Å². The zero-order chi connectivity index (χ0) is 14.9. The van der Waals surface area contributed by atoms with Crippen molar-refractivity contribution in [1.82, 2.24) is 15.8 Å². The highest BCUT2D eigenvalue weighted by Gasteiger charge is 2.42. The van der Waals surface area contributed by atoms with E-state index in [1.165, 1.54) is 0 Å². The summed E-state index contributed by atoms with van der Waals surface area (Å²) in [5, 5.41) is 9.20. The molecule has 1 saturated heterocycles. The molecule has 2 unspecified atom stereocenters. The van der Waals surface area contributed by atoms with E-state index in [1.807, 2.05) is 6.92 Å². The Balaban J connectivity index is 0.00000220. The van der Waals surface area contributed by atoms with E-state index in [-0.39, 0.29) is 18.4 Å². The second kappa shape index (κ2) is 6.70. The molecule has 0 radical (unpaired) electrons. The van der Waals surface area contributed by atoms with Crippen LogP contribution in [0.25, 0.3) is 0 Å². The third kappa shape index (κ3) is 3.91. The van der Waals surface area contributed by atoms with Crippen LogP contribution in [0.15, 0.2) is 4.52 Å². The largest absolute Gasteiger partial charge is 0.361 e. The molecule has 120 valence electrons. The highest BCUT2D eigenvalue weighted by atomic mass is 35.5. The average molecular weight is 324 g/mol. The molecular weight excluding hydrogens is 304 g/mol. The molecule has 1 amide bonds. The molecule has 2 heterocycles. The number of aromatic nitrogens is 1. The number of carbonyl (C=O) groups is 1. The summed E-state index contributed by atoms with van der Waals surface area (Å²) in [4.78, 5) is 12.1. The van der Waals surface area contributed by atoms with E-state index in [1.54, 1.807) is 13.8 Å². The number of halogens is 3. The summed E-state index contributed by atoms with van der Waals surface area (Å²) >= 11 is 0. The molecule has 1 aromatic rings. The van der Waals surface area contributed by atoms with Crippen LogP contribution < -0.4 is 10.6 Å². The van der Waals surface area contributed by atoms with Gasteiger partial charge in [-0.15, -0.1) is 12.4 Å². The van der Waals surface area contributed by atoms with Gasteiger partial charge in [0.2, 0.25) is 5.91 Å². The molecule has 1 fully saturated rings. The minimum absolute atomic E-state index is 0. The second-order valence-corrected chi connectivity index (χ2v) is 5.20. The van der Waals surface area contributed by atoms with Crippen molar-refractivity contribution in [2.24, 2.45) is 0 Å². The summed E-state index contributed by atoms with van der Waals surface area (Å²) < 4.78 is 31.3. The van der Waals surface area contributed by atoms with Gasteiger partial charge in [0.25, 0.3) is 5.92 Å². The fourth-order valence-corrected chi connectivity index (χ4v) is 2.54. The first kappa shape index (κ1) is 17.8. The van der Waals surface area contributed by atoms with Gasteiger partial charge < -0.3 is 9.84 Å². The van der Waals surface area contributed by atoms with Gasteiger partial charge in [-0.1, -0.05) is 12.1 Å². The topological polar surface area (TPSA) is 67.2 Å². The van der Waals surface area contributed by atoms with E-state index < -0.39 is 30.8 Å². The Labute approximate surface area is 128 Å². The van der Waals surface area contributed by atoms with E-state index in [0.717, 1.165) is 5.56 Å². The van der Waals surface area contributed by atoms with Crippen molar-refractivity contribution in [3.05, 3.63) is 17.0 Å². The molecule has 2 rings (SSSR count). The maximum Gasteiger partial charge on any atom is 0.262 e. The number of nitrogens with one attached hydrogen (secondary N) is 2. The normalized spacial score (nSPS) is 21.7. The number of aryl methyl sites for hydroxylation is 2. The molecule has 8 heteroatoms. The van der Waals surface area contributed by atoms with Crippen LogP contribution in [0.3, 0.4) is 0 Å². The Hall–Kier alpha value is -1.21. The Morgan fingerprint density at radius 3 is 2.67 bits per heavy atom. The molecule has 1 aromatic heterocycles. The van der Waals surface area contributed by atoms with Crippen molar-refractivity contribution >= 4 is 18.3 Å². The van der Waals surface area contributed by atoms with Gasteiger partial charge in [-0.05, 0) is 20.3 Å². The van der Waals surface area contributed by atoms with Crippen LogP contribution in [0, 0.1) is 13.8 Å². The molecule has 1 aliphatic heterocycles. The minimum Gasteiger partial charge on any atom is -0.361 e. The first-order valence-electron chi connectivity index (χ1n) is 6.68. The molecule has 1 aliphatic rings. The van der Waals surface area contributed by atoms with Gasteiger partial charge in [0.15, 0.2) is 0 Å². The summed E-state index contributed by atoms with van der Waals surface area (Å²) in [5.74, 6) is -2.58. The Morgan fingerprint density at radius 2 is 2.24 bits per heavy atom. The van der Waals surface area contributed by atoms with Crippen molar-refractivity contribution in [3.8, 4) is 0 Å². The van der Waals surface area contributed by atoms with Crippen LogP contribution in [0.1, 0.15) is 42.8 Å². The molecule has 0 spiro atoms. The summed E-state index contributed by atoms with van der Waals surface area (Å²) in [7, 11) is 0. The smallest absolute Gasteiger partial charge is 0.262 e. The summed E-state index contributed by atoms with van der Waals surface area (Å²) in [6.07, 6.45) is 0.175. The predicted molar refractivity (Wildman–Crippen MR) is 75.8 cm³/mol. The van der Waals surface area contributed by atoms with Gasteiger partial charge in [-0.3, -0.25) is 10.1 Å². The first-order valence-corrected chi connectivity index (χ1v) is 6.68. The molecule has 2 atom stereocenters. The van der Waals surface area contributed by atoms with Gasteiger partial charge in [-0.25, -0.2) is 8.78 Å². The van der Waals surface area contributed by atoms with Crippen LogP contribution >= 0.6 is 12.4 Å². The van der Waals surface area contributed by atoms with E-state index in [0.29, 0.717) is 17.9 Å². The second-order valence-electron chi connectivity index (χ2n) is 5.20. The molecule has 0 aliphatic carbocycles. The van der Waals surface area contributed by atoms with Gasteiger partial charge in [0.1, 0.15) is 5.76 Å². The van der Waals surface area contributed by atoms with Crippen molar-refractivity contribution in [2.75, 3.05) is 6.54 Å². The summed E-state index contributed by atoms with van der Waals surface area (Å²) in [6.45, 7) is 5.02. The lowest BCUT2D eigenvalue weighted by atomic mass is 10.0. The van der Waals surface area contributed by atoms with E-state index in [9.17, 15) is 13.6 Å². The molecule has 21 heavy (non-hydrogen) atoms. The van der Waals surface area contributed by atoms with E-state index in [4.69, 9.17) is 4.52 Å². The Bertz CT molecular complexity index is 488. The lowest BCUT2D eigenvalue weighted by Crippen LogP contribution is -2.42. The number of hydrogen-bond donors (Lipinski definition) is 2. The van der Waals surface area contributed by atoms with Crippen LogP contribution in [0.5, 0.6) is 0 Å². The fraction of sp³-hybridized carbons (Fsp3) is 0.692. The zero-order valence-electron chi connectivity index (χ0n) is 12.2.